The zero-order chi connectivity index (χ0) is 20.9. The lowest BCUT2D eigenvalue weighted by atomic mass is 10.2. The fourth-order valence-electron chi connectivity index (χ4n) is 3.60. The van der Waals surface area contributed by atoms with Gasteiger partial charge >= 0.3 is 0 Å². The molecule has 2 heterocycles. The lowest BCUT2D eigenvalue weighted by Gasteiger charge is -2.34. The van der Waals surface area contributed by atoms with Crippen molar-refractivity contribution in [3.8, 4) is 11.5 Å². The number of hydrogen-bond acceptors (Lipinski definition) is 5. The highest BCUT2D eigenvalue weighted by Crippen LogP contribution is 2.40. The first-order valence-corrected chi connectivity index (χ1v) is 11.1. The van der Waals surface area contributed by atoms with Crippen LogP contribution in [-0.4, -0.2) is 43.9 Å². The van der Waals surface area contributed by atoms with Crippen LogP contribution in [0.15, 0.2) is 35.2 Å². The fraction of sp³-hybridized carbons (Fsp3) is 0.350. The molecule has 0 saturated carbocycles. The molecule has 0 aliphatic carbocycles. The van der Waals surface area contributed by atoms with Gasteiger partial charge in [0.1, 0.15) is 10.6 Å². The van der Waals surface area contributed by atoms with Gasteiger partial charge in [0.15, 0.2) is 5.75 Å². The van der Waals surface area contributed by atoms with Crippen LogP contribution in [0.3, 0.4) is 0 Å². The summed E-state index contributed by atoms with van der Waals surface area (Å²) in [5, 5.41) is 2.77. The highest BCUT2D eigenvalue weighted by Gasteiger charge is 2.35. The summed E-state index contributed by atoms with van der Waals surface area (Å²) in [7, 11) is -3.92. The van der Waals surface area contributed by atoms with E-state index in [0.29, 0.717) is 11.4 Å². The Bertz CT molecular complexity index is 1090. The van der Waals surface area contributed by atoms with Crippen molar-refractivity contribution in [1.29, 1.82) is 0 Å². The lowest BCUT2D eigenvalue weighted by molar-refractivity contribution is -0.0440. The molecule has 2 atom stereocenters. The Balaban J connectivity index is 1.77. The Morgan fingerprint density at radius 1 is 1.10 bits per heavy atom. The molecular formula is C20H21ClN2O5S. The van der Waals surface area contributed by atoms with Crippen LogP contribution in [0.4, 0.5) is 5.69 Å². The van der Waals surface area contributed by atoms with Crippen LogP contribution >= 0.6 is 11.6 Å². The van der Waals surface area contributed by atoms with Crippen LogP contribution < -0.4 is 10.1 Å². The molecule has 7 nitrogen and oxygen atoms in total. The number of hydrogen-bond donors (Lipinski definition) is 1. The molecule has 1 saturated heterocycles. The molecule has 154 valence electrons. The summed E-state index contributed by atoms with van der Waals surface area (Å²) in [5.41, 5.74) is 1.58. The van der Waals surface area contributed by atoms with Crippen LogP contribution in [0, 0.1) is 6.92 Å². The minimum atomic E-state index is -3.92. The summed E-state index contributed by atoms with van der Waals surface area (Å²) in [5.74, 6) is 0.212. The van der Waals surface area contributed by atoms with E-state index < -0.39 is 15.9 Å². The summed E-state index contributed by atoms with van der Waals surface area (Å²) in [6, 6.07) is 8.05. The van der Waals surface area contributed by atoms with Crippen molar-refractivity contribution < 1.29 is 22.7 Å². The maximum atomic E-state index is 13.3. The molecule has 2 aliphatic heterocycles. The summed E-state index contributed by atoms with van der Waals surface area (Å²) in [4.78, 5) is 12.7. The molecular weight excluding hydrogens is 416 g/mol. The number of nitrogens with zero attached hydrogens (tertiary/aromatic N) is 1. The van der Waals surface area contributed by atoms with Crippen LogP contribution in [0.25, 0.3) is 0 Å². The number of anilines is 1. The number of amides is 1. The monoisotopic (exact) mass is 436 g/mol. The van der Waals surface area contributed by atoms with Gasteiger partial charge in [0, 0.05) is 19.2 Å². The average Bonchev–Trinajstić information content (AvgIpc) is 2.75. The molecule has 0 bridgehead atoms. The second-order valence-corrected chi connectivity index (χ2v) is 9.73. The van der Waals surface area contributed by atoms with Gasteiger partial charge < -0.3 is 14.8 Å². The zero-order valence-electron chi connectivity index (χ0n) is 16.2. The van der Waals surface area contributed by atoms with Crippen molar-refractivity contribution in [1.82, 2.24) is 4.31 Å². The number of halogens is 1. The number of rotatable bonds is 2. The second kappa shape index (κ2) is 7.28. The maximum absolute atomic E-state index is 13.3. The number of carbonyl (C=O) groups excluding carboxylic acids is 1. The van der Waals surface area contributed by atoms with Gasteiger partial charge in [-0.05, 0) is 44.5 Å². The van der Waals surface area contributed by atoms with E-state index in [1.54, 1.807) is 12.1 Å². The molecule has 0 aromatic heterocycles. The third kappa shape index (κ3) is 3.73. The first-order chi connectivity index (χ1) is 13.6. The number of nitrogens with one attached hydrogen (secondary N) is 1. The first kappa shape index (κ1) is 20.2. The van der Waals surface area contributed by atoms with Crippen LogP contribution in [0.5, 0.6) is 11.5 Å². The zero-order valence-corrected chi connectivity index (χ0v) is 17.8. The van der Waals surface area contributed by atoms with E-state index in [1.807, 2.05) is 26.8 Å². The number of fused-ring (bicyclic) bond motifs is 2. The fourth-order valence-corrected chi connectivity index (χ4v) is 5.71. The van der Waals surface area contributed by atoms with Gasteiger partial charge in [-0.2, -0.15) is 4.31 Å². The Hall–Kier alpha value is -2.13. The smallest absolute Gasteiger partial charge is 0.259 e. The van der Waals surface area contributed by atoms with Crippen molar-refractivity contribution in [2.24, 2.45) is 0 Å². The second-order valence-electron chi connectivity index (χ2n) is 7.41. The van der Waals surface area contributed by atoms with E-state index in [9.17, 15) is 13.2 Å². The third-order valence-corrected chi connectivity index (χ3v) is 7.18. The number of aryl methyl sites for hydroxylation is 1. The van der Waals surface area contributed by atoms with Crippen molar-refractivity contribution in [3.05, 3.63) is 46.5 Å². The number of morpholine rings is 1. The number of benzene rings is 2. The van der Waals surface area contributed by atoms with E-state index in [0.717, 1.165) is 5.56 Å². The predicted molar refractivity (Wildman–Crippen MR) is 109 cm³/mol. The minimum absolute atomic E-state index is 0.00101. The van der Waals surface area contributed by atoms with E-state index >= 15 is 0 Å². The summed E-state index contributed by atoms with van der Waals surface area (Å²) in [6.45, 7) is 5.96. The highest BCUT2D eigenvalue weighted by molar-refractivity contribution is 7.89. The normalized spacial score (nSPS) is 22.1. The van der Waals surface area contributed by atoms with E-state index in [-0.39, 0.29) is 46.5 Å². The van der Waals surface area contributed by atoms with Gasteiger partial charge in [-0.1, -0.05) is 17.7 Å². The molecule has 2 aromatic rings. The SMILES string of the molecule is Cc1ccc2c(c1)NC(=O)c1cc(S(=O)(=O)N3CC(C)OC(C)C3)c(Cl)cc1O2. The molecule has 2 unspecified atom stereocenters. The lowest BCUT2D eigenvalue weighted by Crippen LogP contribution is -2.48. The Labute approximate surface area is 174 Å². The van der Waals surface area contributed by atoms with Crippen molar-refractivity contribution in [2.45, 2.75) is 37.9 Å². The van der Waals surface area contributed by atoms with Gasteiger partial charge in [0.05, 0.1) is 28.5 Å². The minimum Gasteiger partial charge on any atom is -0.454 e. The number of sulfonamides is 1. The summed E-state index contributed by atoms with van der Waals surface area (Å²) in [6.07, 6.45) is -0.477. The summed E-state index contributed by atoms with van der Waals surface area (Å²) >= 11 is 6.34. The quantitative estimate of drug-likeness (QED) is 0.773. The predicted octanol–water partition coefficient (Wildman–Crippen LogP) is 3.80. The largest absolute Gasteiger partial charge is 0.454 e. The van der Waals surface area contributed by atoms with Crippen molar-refractivity contribution >= 4 is 33.2 Å². The molecule has 0 radical (unpaired) electrons. The average molecular weight is 437 g/mol. The molecule has 2 aromatic carbocycles. The Morgan fingerprint density at radius 3 is 2.48 bits per heavy atom. The van der Waals surface area contributed by atoms with Gasteiger partial charge in [-0.3, -0.25) is 4.79 Å². The van der Waals surface area contributed by atoms with E-state index in [4.69, 9.17) is 21.1 Å². The third-order valence-electron chi connectivity index (χ3n) is 4.89. The topological polar surface area (TPSA) is 84.9 Å². The molecule has 1 fully saturated rings. The van der Waals surface area contributed by atoms with Gasteiger partial charge in [0.25, 0.3) is 5.91 Å². The van der Waals surface area contributed by atoms with Gasteiger partial charge in [-0.15, -0.1) is 0 Å². The van der Waals surface area contributed by atoms with Crippen LogP contribution in [0.1, 0.15) is 29.8 Å². The Morgan fingerprint density at radius 2 is 1.79 bits per heavy atom. The molecule has 2 aliphatic rings. The van der Waals surface area contributed by atoms with E-state index in [1.165, 1.54) is 16.4 Å². The number of carbonyl (C=O) groups is 1. The Kier molecular flexibility index (Phi) is 5.06. The molecule has 9 heteroatoms. The molecule has 0 spiro atoms. The molecule has 1 N–H and O–H groups in total. The number of ether oxygens (including phenoxy) is 2. The molecule has 4 rings (SSSR count). The van der Waals surface area contributed by atoms with Crippen molar-refractivity contribution in [3.63, 3.8) is 0 Å². The maximum Gasteiger partial charge on any atom is 0.259 e. The summed E-state index contributed by atoms with van der Waals surface area (Å²) < 4.78 is 39.3. The molecule has 1 amide bonds. The highest BCUT2D eigenvalue weighted by atomic mass is 35.5. The van der Waals surface area contributed by atoms with Crippen molar-refractivity contribution in [2.75, 3.05) is 18.4 Å². The standard InChI is InChI=1S/C20H21ClN2O5S/c1-11-4-5-17-16(6-11)22-20(24)14-7-19(15(21)8-18(14)28-17)29(25,26)23-9-12(2)27-13(3)10-23/h4-8,12-13H,9-10H2,1-3H3,(H,22,24). The molecule has 29 heavy (non-hydrogen) atoms. The van der Waals surface area contributed by atoms with Crippen LogP contribution in [0.2, 0.25) is 5.02 Å². The van der Waals surface area contributed by atoms with Gasteiger partial charge in [-0.25, -0.2) is 8.42 Å². The van der Waals surface area contributed by atoms with Gasteiger partial charge in [0.2, 0.25) is 10.0 Å². The first-order valence-electron chi connectivity index (χ1n) is 9.24. The van der Waals surface area contributed by atoms with Crippen LogP contribution in [-0.2, 0) is 14.8 Å². The van der Waals surface area contributed by atoms with E-state index in [2.05, 4.69) is 5.32 Å².